The number of carbonyl (C=O) groups is 2. The van der Waals surface area contributed by atoms with E-state index in [-0.39, 0.29) is 0 Å². The number of carboxylic acid groups (broad SMARTS) is 2. The lowest BCUT2D eigenvalue weighted by atomic mass is 9.70. The van der Waals surface area contributed by atoms with Gasteiger partial charge < -0.3 is 10.2 Å². The van der Waals surface area contributed by atoms with Gasteiger partial charge in [-0.1, -0.05) is 32.1 Å². The topological polar surface area (TPSA) is 74.6 Å². The first-order valence-electron chi connectivity index (χ1n) is 7.53. The van der Waals surface area contributed by atoms with Gasteiger partial charge in [0.05, 0.1) is 11.8 Å². The van der Waals surface area contributed by atoms with Gasteiger partial charge >= 0.3 is 11.9 Å². The molecule has 0 aromatic carbocycles. The summed E-state index contributed by atoms with van der Waals surface area (Å²) in [6.07, 6.45) is 9.57. The molecule has 0 aromatic heterocycles. The number of hydrogen-bond acceptors (Lipinski definition) is 2. The molecule has 3 atom stereocenters. The summed E-state index contributed by atoms with van der Waals surface area (Å²) >= 11 is 0. The van der Waals surface area contributed by atoms with Crippen LogP contribution in [0.5, 0.6) is 0 Å². The monoisotopic (exact) mass is 268 g/mol. The van der Waals surface area contributed by atoms with Gasteiger partial charge in [-0.25, -0.2) is 0 Å². The Morgan fingerprint density at radius 3 is 2.00 bits per heavy atom. The third-order valence-corrected chi connectivity index (χ3v) is 4.98. The van der Waals surface area contributed by atoms with E-state index in [4.69, 9.17) is 5.11 Å². The third-order valence-electron chi connectivity index (χ3n) is 4.98. The SMILES string of the molecule is O=C(O)C1CCC(CC2CCCCC2)CC1C(=O)O. The molecule has 0 bridgehead atoms. The Morgan fingerprint density at radius 1 is 0.789 bits per heavy atom. The van der Waals surface area contributed by atoms with Crippen LogP contribution in [0.3, 0.4) is 0 Å². The Bertz CT molecular complexity index is 333. The number of hydrogen-bond donors (Lipinski definition) is 2. The molecule has 0 heterocycles. The minimum atomic E-state index is -0.941. The maximum atomic E-state index is 11.2. The molecule has 2 N–H and O–H groups in total. The Balaban J connectivity index is 1.90. The fourth-order valence-corrected chi connectivity index (χ4v) is 3.93. The van der Waals surface area contributed by atoms with Crippen molar-refractivity contribution >= 4 is 11.9 Å². The molecule has 0 amide bonds. The Morgan fingerprint density at radius 2 is 1.42 bits per heavy atom. The summed E-state index contributed by atoms with van der Waals surface area (Å²) in [6.45, 7) is 0. The van der Waals surface area contributed by atoms with Crippen LogP contribution < -0.4 is 0 Å². The Kier molecular flexibility index (Phi) is 4.83. The minimum Gasteiger partial charge on any atom is -0.481 e. The van der Waals surface area contributed by atoms with E-state index in [1.54, 1.807) is 0 Å². The van der Waals surface area contributed by atoms with Gasteiger partial charge in [0.1, 0.15) is 0 Å². The smallest absolute Gasteiger partial charge is 0.307 e. The highest BCUT2D eigenvalue weighted by molar-refractivity contribution is 5.80. The number of rotatable bonds is 4. The molecular formula is C15H24O4. The van der Waals surface area contributed by atoms with E-state index in [1.165, 1.54) is 32.1 Å². The molecular weight excluding hydrogens is 244 g/mol. The van der Waals surface area contributed by atoms with Gasteiger partial charge in [0.25, 0.3) is 0 Å². The van der Waals surface area contributed by atoms with E-state index in [9.17, 15) is 14.7 Å². The molecule has 3 unspecified atom stereocenters. The molecule has 108 valence electrons. The first kappa shape index (κ1) is 14.4. The standard InChI is InChI=1S/C15H24O4/c16-14(17)12-7-6-11(9-13(12)15(18)19)8-10-4-2-1-3-5-10/h10-13H,1-9H2,(H,16,17)(H,18,19). The van der Waals surface area contributed by atoms with E-state index in [0.717, 1.165) is 18.8 Å². The minimum absolute atomic E-state index is 0.416. The second-order valence-corrected chi connectivity index (χ2v) is 6.31. The first-order chi connectivity index (χ1) is 9.08. The third kappa shape index (κ3) is 3.71. The fraction of sp³-hybridized carbons (Fsp3) is 0.867. The lowest BCUT2D eigenvalue weighted by molar-refractivity contribution is -0.156. The highest BCUT2D eigenvalue weighted by atomic mass is 16.4. The molecule has 2 rings (SSSR count). The zero-order chi connectivity index (χ0) is 13.8. The molecule has 0 saturated heterocycles. The fourth-order valence-electron chi connectivity index (χ4n) is 3.93. The summed E-state index contributed by atoms with van der Waals surface area (Å²) in [5.74, 6) is -2.07. The lowest BCUT2D eigenvalue weighted by Gasteiger charge is -2.34. The average Bonchev–Trinajstić information content (AvgIpc) is 2.39. The predicted octanol–water partition coefficient (Wildman–Crippen LogP) is 3.16. The molecule has 4 nitrogen and oxygen atoms in total. The van der Waals surface area contributed by atoms with Crippen molar-refractivity contribution in [1.29, 1.82) is 0 Å². The maximum absolute atomic E-state index is 11.2. The van der Waals surface area contributed by atoms with Crippen LogP contribution in [0.15, 0.2) is 0 Å². The van der Waals surface area contributed by atoms with Gasteiger partial charge in [0, 0.05) is 0 Å². The van der Waals surface area contributed by atoms with E-state index >= 15 is 0 Å². The zero-order valence-electron chi connectivity index (χ0n) is 11.4. The summed E-state index contributed by atoms with van der Waals surface area (Å²) in [7, 11) is 0. The molecule has 0 aromatic rings. The lowest BCUT2D eigenvalue weighted by Crippen LogP contribution is -2.36. The molecule has 4 heteroatoms. The van der Waals surface area contributed by atoms with E-state index in [0.29, 0.717) is 18.8 Å². The van der Waals surface area contributed by atoms with Crippen molar-refractivity contribution in [2.75, 3.05) is 0 Å². The summed E-state index contributed by atoms with van der Waals surface area (Å²) in [5.41, 5.74) is 0. The van der Waals surface area contributed by atoms with Crippen LogP contribution >= 0.6 is 0 Å². The van der Waals surface area contributed by atoms with Gasteiger partial charge in [-0.15, -0.1) is 0 Å². The summed E-state index contributed by atoms with van der Waals surface area (Å²) in [5, 5.41) is 18.3. The van der Waals surface area contributed by atoms with E-state index in [2.05, 4.69) is 0 Å². The maximum Gasteiger partial charge on any atom is 0.307 e. The average molecular weight is 268 g/mol. The van der Waals surface area contributed by atoms with Gasteiger partial charge in [-0.3, -0.25) is 9.59 Å². The Hall–Kier alpha value is -1.06. The number of carboxylic acids is 2. The van der Waals surface area contributed by atoms with Crippen LogP contribution in [0.2, 0.25) is 0 Å². The van der Waals surface area contributed by atoms with Crippen LogP contribution in [0.1, 0.15) is 57.8 Å². The van der Waals surface area contributed by atoms with Gasteiger partial charge in [0.2, 0.25) is 0 Å². The molecule has 0 spiro atoms. The van der Waals surface area contributed by atoms with Crippen LogP contribution in [0, 0.1) is 23.7 Å². The summed E-state index contributed by atoms with van der Waals surface area (Å²) < 4.78 is 0. The van der Waals surface area contributed by atoms with Crippen LogP contribution in [-0.4, -0.2) is 22.2 Å². The Labute approximate surface area is 114 Å². The van der Waals surface area contributed by atoms with Crippen molar-refractivity contribution in [3.63, 3.8) is 0 Å². The molecule has 0 radical (unpaired) electrons. The molecule has 2 aliphatic rings. The van der Waals surface area contributed by atoms with Crippen molar-refractivity contribution < 1.29 is 19.8 Å². The van der Waals surface area contributed by atoms with Crippen LogP contribution in [-0.2, 0) is 9.59 Å². The van der Waals surface area contributed by atoms with E-state index < -0.39 is 23.8 Å². The van der Waals surface area contributed by atoms with Crippen molar-refractivity contribution in [2.24, 2.45) is 23.7 Å². The predicted molar refractivity (Wildman–Crippen MR) is 70.8 cm³/mol. The molecule has 2 fully saturated rings. The van der Waals surface area contributed by atoms with E-state index in [1.807, 2.05) is 0 Å². The molecule has 19 heavy (non-hydrogen) atoms. The molecule has 0 aliphatic heterocycles. The van der Waals surface area contributed by atoms with Crippen molar-refractivity contribution in [1.82, 2.24) is 0 Å². The molecule has 2 aliphatic carbocycles. The van der Waals surface area contributed by atoms with Crippen LogP contribution in [0.4, 0.5) is 0 Å². The van der Waals surface area contributed by atoms with Crippen molar-refractivity contribution in [3.8, 4) is 0 Å². The number of aliphatic carboxylic acids is 2. The van der Waals surface area contributed by atoms with Gasteiger partial charge in [-0.2, -0.15) is 0 Å². The van der Waals surface area contributed by atoms with Gasteiger partial charge in [0.15, 0.2) is 0 Å². The first-order valence-corrected chi connectivity index (χ1v) is 7.53. The highest BCUT2D eigenvalue weighted by Gasteiger charge is 2.39. The normalized spacial score (nSPS) is 32.9. The second kappa shape index (κ2) is 6.40. The highest BCUT2D eigenvalue weighted by Crippen LogP contribution is 2.40. The molecule has 2 saturated carbocycles. The largest absolute Gasteiger partial charge is 0.481 e. The summed E-state index contributed by atoms with van der Waals surface area (Å²) in [6, 6.07) is 0. The van der Waals surface area contributed by atoms with Crippen molar-refractivity contribution in [3.05, 3.63) is 0 Å². The summed E-state index contributed by atoms with van der Waals surface area (Å²) in [4.78, 5) is 22.3. The van der Waals surface area contributed by atoms with Crippen LogP contribution in [0.25, 0.3) is 0 Å². The van der Waals surface area contributed by atoms with Crippen molar-refractivity contribution in [2.45, 2.75) is 57.8 Å². The van der Waals surface area contributed by atoms with Gasteiger partial charge in [-0.05, 0) is 37.5 Å². The zero-order valence-corrected chi connectivity index (χ0v) is 11.4. The second-order valence-electron chi connectivity index (χ2n) is 6.31. The quantitative estimate of drug-likeness (QED) is 0.821.